The van der Waals surface area contributed by atoms with Crippen molar-refractivity contribution in [3.63, 3.8) is 0 Å². The summed E-state index contributed by atoms with van der Waals surface area (Å²) in [7, 11) is 1.60. The van der Waals surface area contributed by atoms with Crippen molar-refractivity contribution in [2.45, 2.75) is 32.0 Å². The van der Waals surface area contributed by atoms with Gasteiger partial charge in [-0.05, 0) is 42.7 Å². The van der Waals surface area contributed by atoms with Crippen LogP contribution >= 0.6 is 0 Å². The maximum absolute atomic E-state index is 12.6. The fourth-order valence-corrected chi connectivity index (χ4v) is 2.29. The molecule has 5 heteroatoms. The normalized spacial score (nSPS) is 14.1. The van der Waals surface area contributed by atoms with Crippen molar-refractivity contribution < 1.29 is 13.9 Å². The summed E-state index contributed by atoms with van der Waals surface area (Å²) in [5.74, 6) is 0.986. The summed E-state index contributed by atoms with van der Waals surface area (Å²) in [5, 5.41) is 0. The number of carbonyl (C=O) groups is 1. The van der Waals surface area contributed by atoms with Gasteiger partial charge in [0.2, 0.25) is 0 Å². The highest BCUT2D eigenvalue weighted by Crippen LogP contribution is 2.30. The quantitative estimate of drug-likeness (QED) is 0.819. The van der Waals surface area contributed by atoms with Crippen LogP contribution < -0.4 is 0 Å². The molecule has 0 spiro atoms. The molecule has 0 radical (unpaired) electrons. The lowest BCUT2D eigenvalue weighted by atomic mass is 10.2. The molecule has 0 N–H and O–H groups in total. The molecule has 1 aliphatic carbocycles. The van der Waals surface area contributed by atoms with Crippen LogP contribution in [0.4, 0.5) is 0 Å². The molecule has 1 aliphatic rings. The molecule has 0 unspecified atom stereocenters. The first-order chi connectivity index (χ1) is 10.3. The van der Waals surface area contributed by atoms with E-state index in [9.17, 15) is 4.79 Å². The summed E-state index contributed by atoms with van der Waals surface area (Å²) >= 11 is 0. The number of amides is 1. The second-order valence-electron chi connectivity index (χ2n) is 5.22. The predicted molar refractivity (Wildman–Crippen MR) is 76.6 cm³/mol. The van der Waals surface area contributed by atoms with Gasteiger partial charge in [0, 0.05) is 32.1 Å². The van der Waals surface area contributed by atoms with E-state index in [2.05, 4.69) is 4.98 Å². The fourth-order valence-electron chi connectivity index (χ4n) is 2.29. The number of furan rings is 1. The molecule has 1 amide bonds. The smallest absolute Gasteiger partial charge is 0.290 e. The van der Waals surface area contributed by atoms with E-state index >= 15 is 0 Å². The number of ether oxygens (including phenoxy) is 1. The maximum Gasteiger partial charge on any atom is 0.290 e. The second kappa shape index (κ2) is 6.10. The summed E-state index contributed by atoms with van der Waals surface area (Å²) in [6, 6.07) is 7.69. The molecule has 5 nitrogen and oxygen atoms in total. The van der Waals surface area contributed by atoms with Crippen LogP contribution in [0.2, 0.25) is 0 Å². The van der Waals surface area contributed by atoms with Gasteiger partial charge in [-0.1, -0.05) is 0 Å². The molecule has 1 fully saturated rings. The van der Waals surface area contributed by atoms with E-state index < -0.39 is 0 Å². The molecule has 21 heavy (non-hydrogen) atoms. The highest BCUT2D eigenvalue weighted by Gasteiger charge is 2.34. The number of nitrogens with zero attached hydrogens (tertiary/aromatic N) is 2. The van der Waals surface area contributed by atoms with Gasteiger partial charge in [0.1, 0.15) is 12.4 Å². The maximum atomic E-state index is 12.6. The van der Waals surface area contributed by atoms with Crippen molar-refractivity contribution >= 4 is 5.91 Å². The van der Waals surface area contributed by atoms with Gasteiger partial charge in [0.25, 0.3) is 5.91 Å². The van der Waals surface area contributed by atoms with Crippen molar-refractivity contribution in [1.82, 2.24) is 9.88 Å². The average Bonchev–Trinajstić information content (AvgIpc) is 3.25. The Labute approximate surface area is 123 Å². The molecule has 1 saturated carbocycles. The monoisotopic (exact) mass is 286 g/mol. The summed E-state index contributed by atoms with van der Waals surface area (Å²) in [6.07, 6.45) is 5.61. The van der Waals surface area contributed by atoms with Crippen LogP contribution in [-0.2, 0) is 17.9 Å². The molecule has 2 heterocycles. The van der Waals surface area contributed by atoms with E-state index in [0.29, 0.717) is 30.7 Å². The number of carbonyl (C=O) groups excluding carboxylic acids is 1. The van der Waals surface area contributed by atoms with Crippen LogP contribution in [0.3, 0.4) is 0 Å². The van der Waals surface area contributed by atoms with Crippen LogP contribution in [0.1, 0.15) is 34.7 Å². The van der Waals surface area contributed by atoms with Crippen LogP contribution in [0.25, 0.3) is 0 Å². The fraction of sp³-hybridized carbons (Fsp3) is 0.375. The van der Waals surface area contributed by atoms with E-state index in [0.717, 1.165) is 18.4 Å². The Morgan fingerprint density at radius 2 is 2.10 bits per heavy atom. The molecule has 0 aliphatic heterocycles. The van der Waals surface area contributed by atoms with Gasteiger partial charge in [-0.15, -0.1) is 0 Å². The molecule has 0 aromatic carbocycles. The molecular formula is C16H18N2O3. The van der Waals surface area contributed by atoms with Gasteiger partial charge < -0.3 is 14.1 Å². The lowest BCUT2D eigenvalue weighted by molar-refractivity contribution is 0.0690. The first-order valence-corrected chi connectivity index (χ1v) is 7.05. The van der Waals surface area contributed by atoms with Gasteiger partial charge in [0.05, 0.1) is 0 Å². The first-order valence-electron chi connectivity index (χ1n) is 7.05. The third-order valence-corrected chi connectivity index (χ3v) is 3.51. The lowest BCUT2D eigenvalue weighted by Crippen LogP contribution is -2.32. The molecule has 0 saturated heterocycles. The second-order valence-corrected chi connectivity index (χ2v) is 5.22. The van der Waals surface area contributed by atoms with E-state index in [1.165, 1.54) is 0 Å². The summed E-state index contributed by atoms with van der Waals surface area (Å²) < 4.78 is 10.6. The number of rotatable bonds is 6. The minimum atomic E-state index is -0.0586. The van der Waals surface area contributed by atoms with Gasteiger partial charge >= 0.3 is 0 Å². The van der Waals surface area contributed by atoms with Gasteiger partial charge in [-0.2, -0.15) is 0 Å². The highest BCUT2D eigenvalue weighted by molar-refractivity contribution is 5.92. The zero-order chi connectivity index (χ0) is 14.7. The predicted octanol–water partition coefficient (Wildman–Crippen LogP) is 2.63. The van der Waals surface area contributed by atoms with Crippen LogP contribution in [-0.4, -0.2) is 28.9 Å². The first kappa shape index (κ1) is 13.8. The molecule has 2 aromatic heterocycles. The standard InChI is InChI=1S/C16H18N2O3/c1-20-11-14-4-5-15(21-14)16(19)18(13-2-3-13)10-12-6-8-17-9-7-12/h4-9,13H,2-3,10-11H2,1H3. The Kier molecular flexibility index (Phi) is 4.01. The Morgan fingerprint density at radius 3 is 2.76 bits per heavy atom. The van der Waals surface area contributed by atoms with E-state index in [4.69, 9.17) is 9.15 Å². The minimum absolute atomic E-state index is 0.0586. The molecule has 0 atom stereocenters. The third-order valence-electron chi connectivity index (χ3n) is 3.51. The van der Waals surface area contributed by atoms with Gasteiger partial charge in [0.15, 0.2) is 5.76 Å². The SMILES string of the molecule is COCc1ccc(C(=O)N(Cc2ccncc2)C2CC2)o1. The molecular weight excluding hydrogens is 268 g/mol. The summed E-state index contributed by atoms with van der Waals surface area (Å²) in [6.45, 7) is 0.966. The summed E-state index contributed by atoms with van der Waals surface area (Å²) in [5.41, 5.74) is 1.08. The third kappa shape index (κ3) is 3.31. The number of aromatic nitrogens is 1. The van der Waals surface area contributed by atoms with Crippen molar-refractivity contribution in [3.05, 3.63) is 53.7 Å². The number of hydrogen-bond donors (Lipinski definition) is 0. The number of methoxy groups -OCH3 is 1. The van der Waals surface area contributed by atoms with Crippen molar-refractivity contribution in [1.29, 1.82) is 0 Å². The highest BCUT2D eigenvalue weighted by atomic mass is 16.5. The zero-order valence-electron chi connectivity index (χ0n) is 12.0. The molecule has 110 valence electrons. The van der Waals surface area contributed by atoms with Crippen molar-refractivity contribution in [2.75, 3.05) is 7.11 Å². The van der Waals surface area contributed by atoms with Crippen molar-refractivity contribution in [2.24, 2.45) is 0 Å². The van der Waals surface area contributed by atoms with Gasteiger partial charge in [-0.3, -0.25) is 9.78 Å². The number of hydrogen-bond acceptors (Lipinski definition) is 4. The Bertz CT molecular complexity index is 605. The Hall–Kier alpha value is -2.14. The zero-order valence-corrected chi connectivity index (χ0v) is 12.0. The van der Waals surface area contributed by atoms with Crippen molar-refractivity contribution in [3.8, 4) is 0 Å². The average molecular weight is 286 g/mol. The molecule has 0 bridgehead atoms. The van der Waals surface area contributed by atoms with E-state index in [-0.39, 0.29) is 5.91 Å². The molecule has 3 rings (SSSR count). The van der Waals surface area contributed by atoms with Gasteiger partial charge in [-0.25, -0.2) is 0 Å². The minimum Gasteiger partial charge on any atom is -0.453 e. The van der Waals surface area contributed by atoms with Crippen LogP contribution in [0, 0.1) is 0 Å². The summed E-state index contributed by atoms with van der Waals surface area (Å²) in [4.78, 5) is 18.5. The van der Waals surface area contributed by atoms with Crippen LogP contribution in [0.15, 0.2) is 41.1 Å². The molecule has 2 aromatic rings. The largest absolute Gasteiger partial charge is 0.453 e. The Balaban J connectivity index is 1.75. The number of pyridine rings is 1. The Morgan fingerprint density at radius 1 is 1.33 bits per heavy atom. The van der Waals surface area contributed by atoms with E-state index in [1.54, 1.807) is 31.6 Å². The van der Waals surface area contributed by atoms with E-state index in [1.807, 2.05) is 17.0 Å². The van der Waals surface area contributed by atoms with Crippen LogP contribution in [0.5, 0.6) is 0 Å². The topological polar surface area (TPSA) is 55.6 Å². The lowest BCUT2D eigenvalue weighted by Gasteiger charge is -2.21.